The topological polar surface area (TPSA) is 24.5 Å². The van der Waals surface area contributed by atoms with E-state index in [-0.39, 0.29) is 0 Å². The molecule has 0 atom stereocenters. The zero-order valence-corrected chi connectivity index (χ0v) is 11.5. The van der Waals surface area contributed by atoms with E-state index in [0.717, 1.165) is 31.8 Å². The Morgan fingerprint density at radius 2 is 2.11 bits per heavy atom. The van der Waals surface area contributed by atoms with Crippen LogP contribution >= 0.6 is 0 Å². The van der Waals surface area contributed by atoms with Crippen molar-refractivity contribution in [1.82, 2.24) is 10.2 Å². The zero-order valence-electron chi connectivity index (χ0n) is 11.5. The summed E-state index contributed by atoms with van der Waals surface area (Å²) in [6, 6.07) is 8.16. The largest absolute Gasteiger partial charge is 0.492 e. The van der Waals surface area contributed by atoms with Crippen molar-refractivity contribution >= 4 is 0 Å². The second-order valence-electron chi connectivity index (χ2n) is 4.37. The summed E-state index contributed by atoms with van der Waals surface area (Å²) in [4.78, 5) is 2.25. The third-order valence-corrected chi connectivity index (χ3v) is 2.79. The number of hydrogen-bond acceptors (Lipinski definition) is 3. The number of hydrogen-bond donors (Lipinski definition) is 1. The lowest BCUT2D eigenvalue weighted by atomic mass is 10.2. The van der Waals surface area contributed by atoms with Gasteiger partial charge in [-0.25, -0.2) is 0 Å². The van der Waals surface area contributed by atoms with Gasteiger partial charge in [-0.2, -0.15) is 0 Å². The lowest BCUT2D eigenvalue weighted by Gasteiger charge is -2.17. The predicted octanol–water partition coefficient (Wildman–Crippen LogP) is 2.29. The fraction of sp³-hybridized carbons (Fsp3) is 0.467. The van der Waals surface area contributed by atoms with E-state index in [1.54, 1.807) is 0 Å². The van der Waals surface area contributed by atoms with Crippen molar-refractivity contribution < 1.29 is 4.74 Å². The van der Waals surface area contributed by atoms with Gasteiger partial charge in [-0.3, -0.25) is 0 Å². The van der Waals surface area contributed by atoms with Crippen LogP contribution in [-0.4, -0.2) is 38.7 Å². The van der Waals surface area contributed by atoms with Crippen molar-refractivity contribution in [3.05, 3.63) is 42.5 Å². The van der Waals surface area contributed by atoms with Crippen LogP contribution in [0.5, 0.6) is 5.75 Å². The summed E-state index contributed by atoms with van der Waals surface area (Å²) in [7, 11) is 4.05. The molecule has 0 fully saturated rings. The minimum Gasteiger partial charge on any atom is -0.492 e. The first-order valence-corrected chi connectivity index (χ1v) is 6.42. The number of benzene rings is 1. The summed E-state index contributed by atoms with van der Waals surface area (Å²) < 4.78 is 5.83. The molecule has 0 aromatic heterocycles. The molecule has 0 spiro atoms. The molecule has 0 saturated carbocycles. The molecule has 0 radical (unpaired) electrons. The predicted molar refractivity (Wildman–Crippen MR) is 77.0 cm³/mol. The van der Waals surface area contributed by atoms with Crippen molar-refractivity contribution in [2.75, 3.05) is 33.8 Å². The zero-order chi connectivity index (χ0) is 13.2. The molecule has 1 N–H and O–H groups in total. The van der Waals surface area contributed by atoms with Crippen LogP contribution in [0, 0.1) is 0 Å². The molecular weight excluding hydrogens is 224 g/mol. The van der Waals surface area contributed by atoms with Crippen LogP contribution in [0.15, 0.2) is 36.9 Å². The second-order valence-corrected chi connectivity index (χ2v) is 4.37. The first-order valence-electron chi connectivity index (χ1n) is 6.42. The molecule has 0 saturated heterocycles. The minimum atomic E-state index is 0.717. The van der Waals surface area contributed by atoms with Crippen LogP contribution in [-0.2, 0) is 6.54 Å². The quantitative estimate of drug-likeness (QED) is 0.679. The lowest BCUT2D eigenvalue weighted by Crippen LogP contribution is -2.25. The Labute approximate surface area is 110 Å². The number of nitrogens with one attached hydrogen (secondary N) is 1. The summed E-state index contributed by atoms with van der Waals surface area (Å²) >= 11 is 0. The molecule has 0 aliphatic carbocycles. The summed E-state index contributed by atoms with van der Waals surface area (Å²) in [5.41, 5.74) is 1.20. The van der Waals surface area contributed by atoms with Gasteiger partial charge < -0.3 is 15.0 Å². The van der Waals surface area contributed by atoms with E-state index in [1.165, 1.54) is 5.56 Å². The Kier molecular flexibility index (Phi) is 7.14. The number of nitrogens with zero attached hydrogens (tertiary/aromatic N) is 1. The smallest absolute Gasteiger partial charge is 0.123 e. The Hall–Kier alpha value is -1.32. The van der Waals surface area contributed by atoms with Gasteiger partial charge in [0.15, 0.2) is 0 Å². The standard InChI is InChI=1S/C15H24N2O/c1-4-5-10-17(3)11-12-18-15-9-7-6-8-14(15)13-16-2/h4,6-9,16H,1,5,10-13H2,2-3H3. The summed E-state index contributed by atoms with van der Waals surface area (Å²) in [6.07, 6.45) is 2.96. The van der Waals surface area contributed by atoms with E-state index < -0.39 is 0 Å². The molecule has 1 aromatic rings. The van der Waals surface area contributed by atoms with E-state index >= 15 is 0 Å². The Morgan fingerprint density at radius 3 is 2.83 bits per heavy atom. The molecule has 1 aromatic carbocycles. The van der Waals surface area contributed by atoms with Crippen molar-refractivity contribution in [3.8, 4) is 5.75 Å². The lowest BCUT2D eigenvalue weighted by molar-refractivity contribution is 0.238. The summed E-state index contributed by atoms with van der Waals surface area (Å²) in [6.45, 7) is 7.25. The van der Waals surface area contributed by atoms with Gasteiger partial charge in [0.1, 0.15) is 12.4 Å². The third-order valence-electron chi connectivity index (χ3n) is 2.79. The Morgan fingerprint density at radius 1 is 1.33 bits per heavy atom. The second kappa shape index (κ2) is 8.72. The van der Waals surface area contributed by atoms with Gasteiger partial charge in [-0.1, -0.05) is 24.3 Å². The Balaban J connectivity index is 2.36. The molecule has 100 valence electrons. The molecule has 0 bridgehead atoms. The van der Waals surface area contributed by atoms with Crippen LogP contribution < -0.4 is 10.1 Å². The Bertz CT molecular complexity index is 352. The van der Waals surface area contributed by atoms with Gasteiger partial charge in [0, 0.05) is 25.2 Å². The van der Waals surface area contributed by atoms with Gasteiger partial charge in [-0.05, 0) is 26.6 Å². The normalized spacial score (nSPS) is 10.6. The van der Waals surface area contributed by atoms with Gasteiger partial charge in [-0.15, -0.1) is 6.58 Å². The highest BCUT2D eigenvalue weighted by molar-refractivity contribution is 5.33. The summed E-state index contributed by atoms with van der Waals surface area (Å²) in [5, 5.41) is 3.15. The monoisotopic (exact) mass is 248 g/mol. The van der Waals surface area contributed by atoms with Crippen molar-refractivity contribution in [1.29, 1.82) is 0 Å². The van der Waals surface area contributed by atoms with Gasteiger partial charge in [0.2, 0.25) is 0 Å². The van der Waals surface area contributed by atoms with Gasteiger partial charge >= 0.3 is 0 Å². The van der Waals surface area contributed by atoms with E-state index in [1.807, 2.05) is 31.3 Å². The number of para-hydroxylation sites is 1. The highest BCUT2D eigenvalue weighted by atomic mass is 16.5. The van der Waals surface area contributed by atoms with Crippen LogP contribution in [0.1, 0.15) is 12.0 Å². The number of likely N-dealkylation sites (N-methyl/N-ethyl adjacent to an activating group) is 1. The molecule has 0 unspecified atom stereocenters. The molecule has 0 heterocycles. The molecule has 0 aliphatic rings. The fourth-order valence-corrected chi connectivity index (χ4v) is 1.72. The van der Waals surface area contributed by atoms with Gasteiger partial charge in [0.25, 0.3) is 0 Å². The SMILES string of the molecule is C=CCCN(C)CCOc1ccccc1CNC. The maximum absolute atomic E-state index is 5.83. The maximum atomic E-state index is 5.83. The number of ether oxygens (including phenoxy) is 1. The van der Waals surface area contributed by atoms with Crippen LogP contribution in [0.4, 0.5) is 0 Å². The maximum Gasteiger partial charge on any atom is 0.123 e. The molecule has 0 aliphatic heterocycles. The van der Waals surface area contributed by atoms with Crippen molar-refractivity contribution in [2.45, 2.75) is 13.0 Å². The molecule has 18 heavy (non-hydrogen) atoms. The molecule has 1 rings (SSSR count). The third kappa shape index (κ3) is 5.34. The summed E-state index contributed by atoms with van der Waals surface area (Å²) in [5.74, 6) is 0.976. The van der Waals surface area contributed by atoms with Crippen LogP contribution in [0.2, 0.25) is 0 Å². The van der Waals surface area contributed by atoms with E-state index in [9.17, 15) is 0 Å². The number of rotatable bonds is 9. The van der Waals surface area contributed by atoms with Gasteiger partial charge in [0.05, 0.1) is 0 Å². The highest BCUT2D eigenvalue weighted by Gasteiger charge is 2.02. The van der Waals surface area contributed by atoms with Crippen LogP contribution in [0.25, 0.3) is 0 Å². The van der Waals surface area contributed by atoms with Crippen molar-refractivity contribution in [2.24, 2.45) is 0 Å². The van der Waals surface area contributed by atoms with E-state index in [4.69, 9.17) is 4.74 Å². The molecular formula is C15H24N2O. The molecule has 3 nitrogen and oxygen atoms in total. The van der Waals surface area contributed by atoms with E-state index in [2.05, 4.69) is 29.9 Å². The fourth-order valence-electron chi connectivity index (χ4n) is 1.72. The minimum absolute atomic E-state index is 0.717. The van der Waals surface area contributed by atoms with Crippen LogP contribution in [0.3, 0.4) is 0 Å². The first-order chi connectivity index (χ1) is 8.77. The average Bonchev–Trinajstić information content (AvgIpc) is 2.38. The molecule has 3 heteroatoms. The molecule has 0 amide bonds. The van der Waals surface area contributed by atoms with E-state index in [0.29, 0.717) is 6.61 Å². The highest BCUT2D eigenvalue weighted by Crippen LogP contribution is 2.17. The van der Waals surface area contributed by atoms with Crippen molar-refractivity contribution in [3.63, 3.8) is 0 Å². The average molecular weight is 248 g/mol. The first kappa shape index (κ1) is 14.7.